The number of nitrogens with zero attached hydrogens (tertiary/aromatic N) is 1. The lowest BCUT2D eigenvalue weighted by Crippen LogP contribution is -2.33. The monoisotopic (exact) mass is 247 g/mol. The molecule has 1 heterocycles. The average Bonchev–Trinajstić information content (AvgIpc) is 2.54. The Labute approximate surface area is 108 Å². The lowest BCUT2D eigenvalue weighted by molar-refractivity contribution is -0.130. The Morgan fingerprint density at radius 2 is 2.22 bits per heavy atom. The lowest BCUT2D eigenvalue weighted by atomic mass is 10.0. The van der Waals surface area contributed by atoms with E-state index in [0.717, 1.165) is 37.4 Å². The Kier molecular flexibility index (Phi) is 4.24. The van der Waals surface area contributed by atoms with Crippen LogP contribution in [0, 0.1) is 5.92 Å². The molecule has 1 aliphatic heterocycles. The van der Waals surface area contributed by atoms with E-state index in [1.165, 1.54) is 6.42 Å². The highest BCUT2D eigenvalue weighted by atomic mass is 16.3. The first-order valence-corrected chi connectivity index (χ1v) is 6.71. The van der Waals surface area contributed by atoms with Gasteiger partial charge in [-0.1, -0.05) is 19.1 Å². The van der Waals surface area contributed by atoms with E-state index < -0.39 is 0 Å². The Balaban J connectivity index is 1.95. The predicted molar refractivity (Wildman–Crippen MR) is 71.4 cm³/mol. The highest BCUT2D eigenvalue weighted by molar-refractivity contribution is 5.78. The van der Waals surface area contributed by atoms with Gasteiger partial charge in [0, 0.05) is 13.1 Å². The molecule has 2 rings (SSSR count). The van der Waals surface area contributed by atoms with Crippen molar-refractivity contribution in [1.82, 2.24) is 4.90 Å². The zero-order chi connectivity index (χ0) is 13.0. The molecule has 1 aromatic rings. The number of amides is 1. The topological polar surface area (TPSA) is 40.5 Å². The number of phenols is 1. The Morgan fingerprint density at radius 3 is 3.00 bits per heavy atom. The molecule has 3 heteroatoms. The largest absolute Gasteiger partial charge is 0.508 e. The van der Waals surface area contributed by atoms with E-state index in [1.54, 1.807) is 18.2 Å². The first kappa shape index (κ1) is 12.9. The first-order valence-electron chi connectivity index (χ1n) is 6.71. The summed E-state index contributed by atoms with van der Waals surface area (Å²) in [4.78, 5) is 14.1. The molecule has 0 aromatic heterocycles. The minimum atomic E-state index is 0.176. The van der Waals surface area contributed by atoms with Crippen molar-refractivity contribution in [2.45, 2.75) is 32.6 Å². The van der Waals surface area contributed by atoms with Crippen LogP contribution in [0.15, 0.2) is 24.3 Å². The summed E-state index contributed by atoms with van der Waals surface area (Å²) in [6.07, 6.45) is 3.82. The third-order valence-electron chi connectivity index (χ3n) is 3.64. The molecule has 0 saturated carbocycles. The normalized spacial score (nSPS) is 20.5. The Hall–Kier alpha value is -1.51. The van der Waals surface area contributed by atoms with E-state index in [1.807, 2.05) is 11.0 Å². The number of hydrogen-bond acceptors (Lipinski definition) is 2. The van der Waals surface area contributed by atoms with Gasteiger partial charge in [-0.05, 0) is 42.9 Å². The maximum atomic E-state index is 12.2. The summed E-state index contributed by atoms with van der Waals surface area (Å²) >= 11 is 0. The van der Waals surface area contributed by atoms with Crippen LogP contribution in [0.2, 0.25) is 0 Å². The standard InChI is InChI=1S/C15H21NO2/c1-12-4-3-8-16(9-7-12)15(18)11-13-5-2-6-14(17)10-13/h2,5-6,10,12,17H,3-4,7-9,11H2,1H3. The van der Waals surface area contributed by atoms with Gasteiger partial charge >= 0.3 is 0 Å². The van der Waals surface area contributed by atoms with Gasteiger partial charge < -0.3 is 10.0 Å². The zero-order valence-electron chi connectivity index (χ0n) is 10.9. The van der Waals surface area contributed by atoms with E-state index in [4.69, 9.17) is 0 Å². The molecule has 1 aliphatic rings. The van der Waals surface area contributed by atoms with E-state index in [2.05, 4.69) is 6.92 Å². The molecule has 1 unspecified atom stereocenters. The van der Waals surface area contributed by atoms with Crippen LogP contribution in [0.1, 0.15) is 31.7 Å². The highest BCUT2D eigenvalue weighted by Crippen LogP contribution is 2.18. The molecular formula is C15H21NO2. The molecule has 3 nitrogen and oxygen atoms in total. The van der Waals surface area contributed by atoms with Crippen molar-refractivity contribution in [2.75, 3.05) is 13.1 Å². The number of rotatable bonds is 2. The molecule has 1 saturated heterocycles. The van der Waals surface area contributed by atoms with E-state index >= 15 is 0 Å². The smallest absolute Gasteiger partial charge is 0.226 e. The van der Waals surface area contributed by atoms with Gasteiger partial charge in [0.25, 0.3) is 0 Å². The summed E-state index contributed by atoms with van der Waals surface area (Å²) in [6, 6.07) is 6.96. The first-order chi connectivity index (χ1) is 8.65. The second-order valence-electron chi connectivity index (χ2n) is 5.26. The molecule has 18 heavy (non-hydrogen) atoms. The van der Waals surface area contributed by atoms with Gasteiger partial charge in [-0.25, -0.2) is 0 Å². The summed E-state index contributed by atoms with van der Waals surface area (Å²) in [5.74, 6) is 1.13. The molecule has 1 N–H and O–H groups in total. The molecule has 0 spiro atoms. The van der Waals surface area contributed by atoms with E-state index in [9.17, 15) is 9.90 Å². The third-order valence-corrected chi connectivity index (χ3v) is 3.64. The molecule has 0 aliphatic carbocycles. The molecule has 1 fully saturated rings. The molecule has 98 valence electrons. The summed E-state index contributed by atoms with van der Waals surface area (Å²) in [5.41, 5.74) is 0.886. The van der Waals surface area contributed by atoms with Crippen LogP contribution in [0.5, 0.6) is 5.75 Å². The number of carbonyl (C=O) groups is 1. The van der Waals surface area contributed by atoms with Crippen molar-refractivity contribution in [3.05, 3.63) is 29.8 Å². The van der Waals surface area contributed by atoms with Gasteiger partial charge in [0.1, 0.15) is 5.75 Å². The van der Waals surface area contributed by atoms with Crippen LogP contribution in [0.25, 0.3) is 0 Å². The van der Waals surface area contributed by atoms with Crippen LogP contribution in [-0.2, 0) is 11.2 Å². The fourth-order valence-electron chi connectivity index (χ4n) is 2.47. The molecule has 1 aromatic carbocycles. The minimum Gasteiger partial charge on any atom is -0.508 e. The fraction of sp³-hybridized carbons (Fsp3) is 0.533. The maximum Gasteiger partial charge on any atom is 0.226 e. The SMILES string of the molecule is CC1CCCN(C(=O)Cc2cccc(O)c2)CC1. The number of carbonyl (C=O) groups excluding carboxylic acids is 1. The predicted octanol–water partition coefficient (Wildman–Crippen LogP) is 2.58. The van der Waals surface area contributed by atoms with Crippen molar-refractivity contribution in [1.29, 1.82) is 0 Å². The van der Waals surface area contributed by atoms with Crippen molar-refractivity contribution in [3.63, 3.8) is 0 Å². The quantitative estimate of drug-likeness (QED) is 0.872. The second-order valence-corrected chi connectivity index (χ2v) is 5.26. The molecule has 1 amide bonds. The molecule has 0 radical (unpaired) electrons. The van der Waals surface area contributed by atoms with Crippen LogP contribution < -0.4 is 0 Å². The van der Waals surface area contributed by atoms with Crippen molar-refractivity contribution in [2.24, 2.45) is 5.92 Å². The molecule has 0 bridgehead atoms. The van der Waals surface area contributed by atoms with Gasteiger partial charge in [-0.2, -0.15) is 0 Å². The lowest BCUT2D eigenvalue weighted by Gasteiger charge is -2.20. The molecular weight excluding hydrogens is 226 g/mol. The average molecular weight is 247 g/mol. The van der Waals surface area contributed by atoms with Crippen LogP contribution >= 0.6 is 0 Å². The third kappa shape index (κ3) is 3.49. The maximum absolute atomic E-state index is 12.2. The fourth-order valence-corrected chi connectivity index (χ4v) is 2.47. The molecule has 1 atom stereocenters. The summed E-state index contributed by atoms with van der Waals surface area (Å²) in [6.45, 7) is 4.00. The zero-order valence-corrected chi connectivity index (χ0v) is 10.9. The summed E-state index contributed by atoms with van der Waals surface area (Å²) in [5, 5.41) is 9.39. The highest BCUT2D eigenvalue weighted by Gasteiger charge is 2.18. The number of likely N-dealkylation sites (tertiary alicyclic amines) is 1. The van der Waals surface area contributed by atoms with E-state index in [-0.39, 0.29) is 11.7 Å². The van der Waals surface area contributed by atoms with Gasteiger partial charge in [-0.3, -0.25) is 4.79 Å². The van der Waals surface area contributed by atoms with E-state index in [0.29, 0.717) is 6.42 Å². The second kappa shape index (κ2) is 5.89. The van der Waals surface area contributed by atoms with Crippen LogP contribution in [0.4, 0.5) is 0 Å². The van der Waals surface area contributed by atoms with Crippen LogP contribution in [0.3, 0.4) is 0 Å². The number of phenolic OH excluding ortho intramolecular Hbond substituents is 1. The van der Waals surface area contributed by atoms with Crippen LogP contribution in [-0.4, -0.2) is 29.0 Å². The van der Waals surface area contributed by atoms with Crippen molar-refractivity contribution in [3.8, 4) is 5.75 Å². The van der Waals surface area contributed by atoms with Crippen molar-refractivity contribution < 1.29 is 9.90 Å². The van der Waals surface area contributed by atoms with Gasteiger partial charge in [0.05, 0.1) is 6.42 Å². The summed E-state index contributed by atoms with van der Waals surface area (Å²) in [7, 11) is 0. The minimum absolute atomic E-state index is 0.176. The Bertz CT molecular complexity index is 417. The van der Waals surface area contributed by atoms with Gasteiger partial charge in [0.2, 0.25) is 5.91 Å². The summed E-state index contributed by atoms with van der Waals surface area (Å²) < 4.78 is 0. The Morgan fingerprint density at radius 1 is 1.39 bits per heavy atom. The number of benzene rings is 1. The van der Waals surface area contributed by atoms with Gasteiger partial charge in [0.15, 0.2) is 0 Å². The number of hydrogen-bond donors (Lipinski definition) is 1. The number of aromatic hydroxyl groups is 1. The van der Waals surface area contributed by atoms with Crippen molar-refractivity contribution >= 4 is 5.91 Å². The van der Waals surface area contributed by atoms with Gasteiger partial charge in [-0.15, -0.1) is 0 Å².